The highest BCUT2D eigenvalue weighted by atomic mass is 31.2. The first-order valence-electron chi connectivity index (χ1n) is 29.2. The average Bonchev–Trinajstić information content (AvgIpc) is 1.17. The van der Waals surface area contributed by atoms with Crippen LogP contribution in [0.2, 0.25) is 0 Å². The molecule has 4 heterocycles. The number of rotatable bonds is 31. The molecule has 0 radical (unpaired) electrons. The number of carbonyl (C=O) groups is 5. The highest BCUT2D eigenvalue weighted by molar-refractivity contribution is 7.51. The van der Waals surface area contributed by atoms with Crippen LogP contribution in [0.4, 0.5) is 5.82 Å². The van der Waals surface area contributed by atoms with Gasteiger partial charge in [-0.2, -0.15) is 0 Å². The lowest BCUT2D eigenvalue weighted by atomic mass is 9.79. The fourth-order valence-corrected chi connectivity index (χ4v) is 13.2. The third-order valence-electron chi connectivity index (χ3n) is 14.6. The van der Waals surface area contributed by atoms with Crippen LogP contribution in [-0.2, 0) is 85.8 Å². The molecule has 2 N–H and O–H groups in total. The number of methoxy groups -OCH3 is 2. The van der Waals surface area contributed by atoms with Crippen LogP contribution in [0.15, 0.2) is 122 Å². The summed E-state index contributed by atoms with van der Waals surface area (Å²) in [5, 5.41) is 0. The molecule has 26 nitrogen and oxygen atoms in total. The van der Waals surface area contributed by atoms with E-state index in [9.17, 15) is 19.2 Å². The number of ether oxygens (including phenoxy) is 12. The molecule has 8 rings (SSSR count). The van der Waals surface area contributed by atoms with Gasteiger partial charge in [-0.3, -0.25) is 37.6 Å². The molecule has 0 amide bonds. The van der Waals surface area contributed by atoms with Crippen LogP contribution in [0.25, 0.3) is 11.2 Å². The first kappa shape index (κ1) is 68.0. The maximum absolute atomic E-state index is 16.2. The Bertz CT molecular complexity index is 3340. The Hall–Kier alpha value is -7.91. The number of Topliss-reactive ketones (excluding diaryl/α,β-unsaturated/α-hetero) is 1. The Morgan fingerprint density at radius 2 is 1.24 bits per heavy atom. The summed E-state index contributed by atoms with van der Waals surface area (Å²) in [7, 11) is -1.44. The Balaban J connectivity index is 1.14. The summed E-state index contributed by atoms with van der Waals surface area (Å²) >= 11 is 0. The van der Waals surface area contributed by atoms with Gasteiger partial charge in [-0.15, -0.1) is 0 Å². The van der Waals surface area contributed by atoms with E-state index in [1.807, 2.05) is 88.4 Å². The van der Waals surface area contributed by atoms with E-state index < -0.39 is 124 Å². The summed E-state index contributed by atoms with van der Waals surface area (Å²) in [4.78, 5) is 77.9. The van der Waals surface area contributed by atoms with Gasteiger partial charge < -0.3 is 62.6 Å². The van der Waals surface area contributed by atoms with E-state index in [1.165, 1.54) is 12.7 Å². The Morgan fingerprint density at radius 3 is 1.82 bits per heavy atom. The largest absolute Gasteiger partial charge is 0.497 e. The number of aromatic nitrogens is 4. The molecule has 2 aliphatic heterocycles. The highest BCUT2D eigenvalue weighted by Crippen LogP contribution is 2.58. The molecular weight excluding hydrogens is 1190 g/mol. The lowest BCUT2D eigenvalue weighted by molar-refractivity contribution is -0.309. The number of imidazole rings is 1. The summed E-state index contributed by atoms with van der Waals surface area (Å²) < 4.78 is 105. The van der Waals surface area contributed by atoms with E-state index in [0.29, 0.717) is 39.6 Å². The van der Waals surface area contributed by atoms with Crippen molar-refractivity contribution in [2.45, 2.75) is 135 Å². The minimum Gasteiger partial charge on any atom is -0.497 e. The molecule has 0 spiro atoms. The Labute approximate surface area is 521 Å². The van der Waals surface area contributed by atoms with Crippen molar-refractivity contribution in [3.05, 3.63) is 139 Å². The van der Waals surface area contributed by atoms with Gasteiger partial charge in [-0.05, 0) is 80.8 Å². The summed E-state index contributed by atoms with van der Waals surface area (Å²) in [5.74, 6) is -2.03. The van der Waals surface area contributed by atoms with Gasteiger partial charge >= 0.3 is 31.6 Å². The molecule has 2 aliphatic rings. The zero-order valence-electron chi connectivity index (χ0n) is 51.8. The SMILES string of the molecule is COc1ccc(C(OC(C(=O)COc2ccccc2)[C@H]2O[C@@H](n3cnc4c(N)ncnc43)C[C@@H]2OP(=O)(OCCOCCO[C@@H]2O[C@H](COC(C)=O)[C@@H](OC(C)=O)[C@H](OC(C)=O)[C@H]2OC(C)=O)N(C(C)C)C(C)C)(c2ccccc2)c2ccc(OC)cc2)cc1. The van der Waals surface area contributed by atoms with Crippen LogP contribution in [0.1, 0.15) is 84.7 Å². The van der Waals surface area contributed by atoms with Crippen molar-refractivity contribution < 1.29 is 94.4 Å². The first-order valence-corrected chi connectivity index (χ1v) is 30.7. The van der Waals surface area contributed by atoms with E-state index in [2.05, 4.69) is 15.0 Å². The topological polar surface area (TPSA) is 304 Å². The van der Waals surface area contributed by atoms with Crippen LogP contribution in [-0.4, -0.2) is 169 Å². The maximum atomic E-state index is 16.2. The molecule has 6 aromatic rings. The predicted molar refractivity (Wildman–Crippen MR) is 322 cm³/mol. The number of benzene rings is 4. The number of hydrogen-bond acceptors (Lipinski definition) is 24. The number of carbonyl (C=O) groups excluding carboxylic acids is 5. The maximum Gasteiger partial charge on any atom is 0.409 e. The lowest BCUT2D eigenvalue weighted by Gasteiger charge is -2.44. The van der Waals surface area contributed by atoms with Gasteiger partial charge in [0.2, 0.25) is 5.78 Å². The van der Waals surface area contributed by atoms with E-state index in [0.717, 1.165) is 27.7 Å². The quantitative estimate of drug-likeness (QED) is 0.0145. The van der Waals surface area contributed by atoms with Crippen molar-refractivity contribution in [2.75, 3.05) is 59.6 Å². The van der Waals surface area contributed by atoms with E-state index in [4.69, 9.17) is 71.6 Å². The predicted octanol–water partition coefficient (Wildman–Crippen LogP) is 7.48. The number of fused-ring (bicyclic) bond motifs is 1. The third kappa shape index (κ3) is 16.5. The number of hydrogen-bond donors (Lipinski definition) is 1. The Morgan fingerprint density at radius 1 is 0.678 bits per heavy atom. The Kier molecular flexibility index (Phi) is 23.6. The molecule has 27 heteroatoms. The smallest absolute Gasteiger partial charge is 0.409 e. The fourth-order valence-electron chi connectivity index (χ4n) is 10.9. The number of para-hydroxylation sites is 1. The van der Waals surface area contributed by atoms with Crippen LogP contribution < -0.4 is 19.9 Å². The number of nitrogens with zero attached hydrogens (tertiary/aromatic N) is 5. The van der Waals surface area contributed by atoms with Gasteiger partial charge in [0, 0.05) is 46.2 Å². The van der Waals surface area contributed by atoms with Crippen molar-refractivity contribution in [3.8, 4) is 17.2 Å². The molecule has 2 unspecified atom stereocenters. The second kappa shape index (κ2) is 31.2. The monoisotopic (exact) mass is 1270 g/mol. The van der Waals surface area contributed by atoms with E-state index in [-0.39, 0.29) is 44.2 Å². The molecule has 2 aromatic heterocycles. The van der Waals surface area contributed by atoms with Gasteiger partial charge in [-0.25, -0.2) is 24.2 Å². The normalized spacial score (nSPS) is 21.1. The zero-order valence-corrected chi connectivity index (χ0v) is 52.7. The molecule has 90 heavy (non-hydrogen) atoms. The number of esters is 4. The molecule has 0 aliphatic carbocycles. The minimum atomic E-state index is -4.56. The van der Waals surface area contributed by atoms with Crippen LogP contribution >= 0.6 is 7.75 Å². The number of anilines is 1. The van der Waals surface area contributed by atoms with Crippen molar-refractivity contribution in [2.24, 2.45) is 0 Å². The summed E-state index contributed by atoms with van der Waals surface area (Å²) in [6.07, 6.45) is -9.66. The molecule has 2 fully saturated rings. The van der Waals surface area contributed by atoms with Crippen molar-refractivity contribution in [3.63, 3.8) is 0 Å². The van der Waals surface area contributed by atoms with Crippen molar-refractivity contribution >= 4 is 54.4 Å². The van der Waals surface area contributed by atoms with Crippen LogP contribution in [0.5, 0.6) is 17.2 Å². The number of ketones is 1. The molecule has 0 bridgehead atoms. The third-order valence-corrected chi connectivity index (χ3v) is 17.1. The standard InChI is InChI=1S/C63H77N6O20P/c1-38(2)69(39(3)4)90(75,82-32-30-78-29-31-79-62-59(85-43(8)73)58(84-42(7)72)57(83-41(6)71)52(86-62)35-80-40(5)70)89-51-33-53(68-37-67-54-60(64)65-36-66-61(54)68)87-56(51)55(50(74)34-81-49-19-15-12-16-20-49)88-63(44-17-13-11-14-18-44,45-21-25-47(76-9)26-22-45)46-23-27-48(77-10)28-24-46/h11-28,36-39,51-53,55-59,62H,29-35H2,1-10H3,(H2,64,65,66)/t51-,52+,53+,55?,56-,57+,58-,59+,62+,90?/m0/s1. The minimum absolute atomic E-state index is 0.0827. The summed E-state index contributed by atoms with van der Waals surface area (Å²) in [6, 6.07) is 31.8. The summed E-state index contributed by atoms with van der Waals surface area (Å²) in [5.41, 5.74) is 7.06. The molecule has 0 saturated carbocycles. The second-order valence-electron chi connectivity index (χ2n) is 21.5. The molecule has 2 saturated heterocycles. The molecular formula is C63H77N6O20P. The van der Waals surface area contributed by atoms with Crippen molar-refractivity contribution in [1.29, 1.82) is 0 Å². The number of nitrogen functional groups attached to an aromatic ring is 1. The van der Waals surface area contributed by atoms with Gasteiger partial charge in [0.25, 0.3) is 0 Å². The van der Waals surface area contributed by atoms with Gasteiger partial charge in [0.1, 0.15) is 72.4 Å². The molecule has 4 aromatic carbocycles. The molecule has 10 atom stereocenters. The second-order valence-corrected chi connectivity index (χ2v) is 23.4. The number of nitrogens with two attached hydrogens (primary N) is 1. The summed E-state index contributed by atoms with van der Waals surface area (Å²) in [6.45, 7) is 9.94. The van der Waals surface area contributed by atoms with Gasteiger partial charge in [0.05, 0.1) is 47.0 Å². The molecule has 484 valence electrons. The lowest BCUT2D eigenvalue weighted by Crippen LogP contribution is -2.63. The van der Waals surface area contributed by atoms with Crippen LogP contribution in [0.3, 0.4) is 0 Å². The van der Waals surface area contributed by atoms with Gasteiger partial charge in [-0.1, -0.05) is 72.8 Å². The van der Waals surface area contributed by atoms with Gasteiger partial charge in [0.15, 0.2) is 42.2 Å². The highest BCUT2D eigenvalue weighted by Gasteiger charge is 2.55. The van der Waals surface area contributed by atoms with E-state index >= 15 is 9.36 Å². The first-order chi connectivity index (χ1) is 43.2. The average molecular weight is 1270 g/mol. The fraction of sp³-hybridized carbons (Fsp3) is 0.460. The van der Waals surface area contributed by atoms with Crippen LogP contribution in [0, 0.1) is 0 Å². The van der Waals surface area contributed by atoms with Crippen molar-refractivity contribution in [1.82, 2.24) is 24.2 Å². The van der Waals surface area contributed by atoms with E-state index in [1.54, 1.807) is 72.0 Å². The zero-order chi connectivity index (χ0) is 64.7.